The average molecular weight is 258 g/mol. The third-order valence-corrected chi connectivity index (χ3v) is 3.38. The molecule has 1 N–H and O–H groups in total. The van der Waals surface area contributed by atoms with Crippen LogP contribution in [-0.4, -0.2) is 59.9 Å². The Bertz CT molecular complexity index is 319. The summed E-state index contributed by atoms with van der Waals surface area (Å²) in [6, 6.07) is 0. The Balaban J connectivity index is 2.79. The number of likely N-dealkylation sites (tertiary alicyclic amines) is 1. The van der Waals surface area contributed by atoms with Crippen molar-refractivity contribution in [1.82, 2.24) is 9.80 Å². The van der Waals surface area contributed by atoms with Crippen molar-refractivity contribution in [3.8, 4) is 0 Å². The second-order valence-electron chi connectivity index (χ2n) is 4.74. The molecule has 0 aromatic carbocycles. The maximum absolute atomic E-state index is 12.0. The number of rotatable bonds is 5. The van der Waals surface area contributed by atoms with E-state index < -0.39 is 17.7 Å². The summed E-state index contributed by atoms with van der Waals surface area (Å²) >= 11 is 0. The molecular formula is C12H22N2O4. The molecule has 6 heteroatoms. The van der Waals surface area contributed by atoms with Crippen molar-refractivity contribution in [3.05, 3.63) is 0 Å². The predicted molar refractivity (Wildman–Crippen MR) is 66.2 cm³/mol. The molecule has 1 saturated heterocycles. The van der Waals surface area contributed by atoms with Gasteiger partial charge in [-0.15, -0.1) is 0 Å². The molecule has 18 heavy (non-hydrogen) atoms. The smallest absolute Gasteiger partial charge is 0.411 e. The highest BCUT2D eigenvalue weighted by Gasteiger charge is 2.52. The van der Waals surface area contributed by atoms with E-state index in [1.807, 2.05) is 6.92 Å². The van der Waals surface area contributed by atoms with E-state index in [4.69, 9.17) is 4.74 Å². The fraction of sp³-hybridized carbons (Fsp3) is 0.833. The van der Waals surface area contributed by atoms with Gasteiger partial charge in [-0.1, -0.05) is 13.3 Å². The van der Waals surface area contributed by atoms with E-state index in [0.717, 1.165) is 12.8 Å². The van der Waals surface area contributed by atoms with Crippen molar-refractivity contribution in [1.29, 1.82) is 0 Å². The molecule has 1 fully saturated rings. The first-order valence-corrected chi connectivity index (χ1v) is 6.32. The number of unbranched alkanes of at least 4 members (excludes halogenated alkanes) is 1. The standard InChI is InChI=1S/C12H22N2O4/c1-4-5-9-18-11(17)14-8-6-7-12(14,10(15)16)13(2)3/h4-9H2,1-3H3,(H,15,16)/t12-/m1/s1. The first-order valence-electron chi connectivity index (χ1n) is 6.32. The van der Waals surface area contributed by atoms with Gasteiger partial charge in [0.15, 0.2) is 5.66 Å². The van der Waals surface area contributed by atoms with Crippen LogP contribution in [-0.2, 0) is 9.53 Å². The van der Waals surface area contributed by atoms with Crippen LogP contribution in [0.5, 0.6) is 0 Å². The fourth-order valence-electron chi connectivity index (χ4n) is 2.31. The lowest BCUT2D eigenvalue weighted by Gasteiger charge is -2.38. The minimum atomic E-state index is -1.26. The Morgan fingerprint density at radius 1 is 1.44 bits per heavy atom. The van der Waals surface area contributed by atoms with Crippen molar-refractivity contribution >= 4 is 12.1 Å². The van der Waals surface area contributed by atoms with E-state index in [0.29, 0.717) is 26.0 Å². The summed E-state index contributed by atoms with van der Waals surface area (Å²) in [6.45, 7) is 2.77. The van der Waals surface area contributed by atoms with E-state index in [1.54, 1.807) is 19.0 Å². The summed E-state index contributed by atoms with van der Waals surface area (Å²) in [5.41, 5.74) is -1.26. The van der Waals surface area contributed by atoms with Crippen molar-refractivity contribution in [2.24, 2.45) is 0 Å². The molecule has 0 aromatic rings. The third-order valence-electron chi connectivity index (χ3n) is 3.38. The highest BCUT2D eigenvalue weighted by Crippen LogP contribution is 2.32. The Kier molecular flexibility index (Phi) is 4.95. The van der Waals surface area contributed by atoms with Gasteiger partial charge >= 0.3 is 12.1 Å². The zero-order chi connectivity index (χ0) is 13.8. The number of hydrogen-bond acceptors (Lipinski definition) is 4. The molecule has 0 aromatic heterocycles. The second kappa shape index (κ2) is 6.04. The zero-order valence-corrected chi connectivity index (χ0v) is 11.3. The van der Waals surface area contributed by atoms with Crippen molar-refractivity contribution in [2.75, 3.05) is 27.2 Å². The lowest BCUT2D eigenvalue weighted by molar-refractivity contribution is -0.159. The van der Waals surface area contributed by atoms with E-state index in [9.17, 15) is 14.7 Å². The molecule has 0 unspecified atom stereocenters. The summed E-state index contributed by atoms with van der Waals surface area (Å²) in [5.74, 6) is -1.00. The molecule has 1 heterocycles. The van der Waals surface area contributed by atoms with E-state index >= 15 is 0 Å². The van der Waals surface area contributed by atoms with Crippen LogP contribution < -0.4 is 0 Å². The first-order chi connectivity index (χ1) is 8.46. The Morgan fingerprint density at radius 3 is 2.61 bits per heavy atom. The maximum atomic E-state index is 12.0. The Labute approximate surface area is 107 Å². The van der Waals surface area contributed by atoms with Gasteiger partial charge in [0, 0.05) is 6.54 Å². The van der Waals surface area contributed by atoms with Gasteiger partial charge < -0.3 is 9.84 Å². The van der Waals surface area contributed by atoms with Gasteiger partial charge in [-0.3, -0.25) is 9.80 Å². The highest BCUT2D eigenvalue weighted by atomic mass is 16.6. The first kappa shape index (κ1) is 14.8. The molecule has 0 aliphatic carbocycles. The molecule has 1 aliphatic rings. The minimum Gasteiger partial charge on any atom is -0.478 e. The second-order valence-corrected chi connectivity index (χ2v) is 4.74. The molecule has 104 valence electrons. The van der Waals surface area contributed by atoms with Gasteiger partial charge in [0.1, 0.15) is 0 Å². The molecule has 6 nitrogen and oxygen atoms in total. The summed E-state index contributed by atoms with van der Waals surface area (Å²) in [6.07, 6.45) is 2.30. The molecule has 0 saturated carbocycles. The summed E-state index contributed by atoms with van der Waals surface area (Å²) in [5, 5.41) is 9.43. The van der Waals surface area contributed by atoms with Gasteiger partial charge in [0.25, 0.3) is 0 Å². The van der Waals surface area contributed by atoms with Crippen LogP contribution in [0.4, 0.5) is 4.79 Å². The van der Waals surface area contributed by atoms with E-state index in [-0.39, 0.29) is 0 Å². The highest BCUT2D eigenvalue weighted by molar-refractivity contribution is 5.84. The number of amides is 1. The van der Waals surface area contributed by atoms with Crippen molar-refractivity contribution in [2.45, 2.75) is 38.3 Å². The zero-order valence-electron chi connectivity index (χ0n) is 11.3. The number of carbonyl (C=O) groups is 2. The quantitative estimate of drug-likeness (QED) is 0.754. The van der Waals surface area contributed by atoms with Crippen LogP contribution in [0.2, 0.25) is 0 Å². The molecule has 0 spiro atoms. The van der Waals surface area contributed by atoms with Crippen LogP contribution in [0.3, 0.4) is 0 Å². The maximum Gasteiger partial charge on any atom is 0.411 e. The number of hydrogen-bond donors (Lipinski definition) is 1. The van der Waals surface area contributed by atoms with Gasteiger partial charge in [-0.05, 0) is 33.4 Å². The molecular weight excluding hydrogens is 236 g/mol. The number of carboxylic acids is 1. The summed E-state index contributed by atoms with van der Waals surface area (Å²) in [4.78, 5) is 26.4. The molecule has 0 bridgehead atoms. The van der Waals surface area contributed by atoms with Gasteiger partial charge in [0.05, 0.1) is 6.61 Å². The third kappa shape index (κ3) is 2.58. The molecule has 1 atom stereocenters. The number of carboxylic acid groups (broad SMARTS) is 1. The van der Waals surface area contributed by atoms with Gasteiger partial charge in [0.2, 0.25) is 0 Å². The Morgan fingerprint density at radius 2 is 2.11 bits per heavy atom. The van der Waals surface area contributed by atoms with Crippen LogP contribution in [0.25, 0.3) is 0 Å². The topological polar surface area (TPSA) is 70.1 Å². The summed E-state index contributed by atoms with van der Waals surface area (Å²) < 4.78 is 5.12. The average Bonchev–Trinajstić information content (AvgIpc) is 2.74. The molecule has 1 amide bonds. The SMILES string of the molecule is CCCCOC(=O)N1CCC[C@@]1(C(=O)O)N(C)C. The fourth-order valence-corrected chi connectivity index (χ4v) is 2.31. The largest absolute Gasteiger partial charge is 0.478 e. The van der Waals surface area contributed by atoms with Gasteiger partial charge in [-0.2, -0.15) is 0 Å². The Hall–Kier alpha value is -1.30. The predicted octanol–water partition coefficient (Wildman–Crippen LogP) is 1.36. The lowest BCUT2D eigenvalue weighted by Crippen LogP contribution is -2.61. The van der Waals surface area contributed by atoms with Gasteiger partial charge in [-0.25, -0.2) is 9.59 Å². The minimum absolute atomic E-state index is 0.342. The van der Waals surface area contributed by atoms with Crippen molar-refractivity contribution in [3.63, 3.8) is 0 Å². The number of carbonyl (C=O) groups excluding carboxylic acids is 1. The molecule has 1 aliphatic heterocycles. The van der Waals surface area contributed by atoms with Crippen LogP contribution in [0.1, 0.15) is 32.6 Å². The number of aliphatic carboxylic acids is 1. The monoisotopic (exact) mass is 258 g/mol. The van der Waals surface area contributed by atoms with Crippen LogP contribution in [0.15, 0.2) is 0 Å². The van der Waals surface area contributed by atoms with E-state index in [2.05, 4.69) is 0 Å². The lowest BCUT2D eigenvalue weighted by atomic mass is 10.1. The number of likely N-dealkylation sites (N-methyl/N-ethyl adjacent to an activating group) is 1. The molecule has 0 radical (unpaired) electrons. The number of nitrogens with zero attached hydrogens (tertiary/aromatic N) is 2. The van der Waals surface area contributed by atoms with Crippen LogP contribution >= 0.6 is 0 Å². The summed E-state index contributed by atoms with van der Waals surface area (Å²) in [7, 11) is 3.34. The van der Waals surface area contributed by atoms with E-state index in [1.165, 1.54) is 4.90 Å². The number of ether oxygens (including phenoxy) is 1. The van der Waals surface area contributed by atoms with Crippen molar-refractivity contribution < 1.29 is 19.4 Å². The van der Waals surface area contributed by atoms with Crippen LogP contribution in [0, 0.1) is 0 Å². The normalized spacial score (nSPS) is 23.4. The molecule has 1 rings (SSSR count).